The lowest BCUT2D eigenvalue weighted by Crippen LogP contribution is -2.14. The van der Waals surface area contributed by atoms with E-state index in [0.29, 0.717) is 5.75 Å². The Kier molecular flexibility index (Phi) is 4.24. The number of thiazole rings is 1. The van der Waals surface area contributed by atoms with E-state index in [1.807, 2.05) is 6.92 Å². The summed E-state index contributed by atoms with van der Waals surface area (Å²) in [6.45, 7) is 1.83. The lowest BCUT2D eigenvalue weighted by Gasteiger charge is -2.13. The molecular formula is C12H15N3O4S2. The maximum Gasteiger partial charge on any atom is 0.267 e. The van der Waals surface area contributed by atoms with Gasteiger partial charge in [-0.1, -0.05) is 0 Å². The fraction of sp³-hybridized carbons (Fsp3) is 0.250. The van der Waals surface area contributed by atoms with Gasteiger partial charge in [0.05, 0.1) is 19.9 Å². The van der Waals surface area contributed by atoms with Crippen molar-refractivity contribution in [1.82, 2.24) is 4.98 Å². The quantitative estimate of drug-likeness (QED) is 0.811. The highest BCUT2D eigenvalue weighted by molar-refractivity contribution is 7.93. The fourth-order valence-electron chi connectivity index (χ4n) is 1.68. The smallest absolute Gasteiger partial charge is 0.267 e. The summed E-state index contributed by atoms with van der Waals surface area (Å²) in [6, 6.07) is 2.72. The Balaban J connectivity index is 2.46. The molecule has 1 aromatic heterocycles. The maximum absolute atomic E-state index is 12.4. The van der Waals surface area contributed by atoms with Gasteiger partial charge < -0.3 is 15.2 Å². The van der Waals surface area contributed by atoms with Crippen LogP contribution in [0.15, 0.2) is 23.2 Å². The summed E-state index contributed by atoms with van der Waals surface area (Å²) in [5, 5.41) is 0.281. The number of ether oxygens (including phenoxy) is 2. The van der Waals surface area contributed by atoms with Crippen molar-refractivity contribution >= 4 is 32.2 Å². The van der Waals surface area contributed by atoms with Crippen LogP contribution in [-0.4, -0.2) is 27.6 Å². The highest BCUT2D eigenvalue weighted by Crippen LogP contribution is 2.34. The van der Waals surface area contributed by atoms with Crippen LogP contribution in [0.4, 0.5) is 10.8 Å². The zero-order chi connectivity index (χ0) is 15.6. The summed E-state index contributed by atoms with van der Waals surface area (Å²) in [6.07, 6.45) is 1.59. The van der Waals surface area contributed by atoms with Crippen molar-refractivity contribution in [3.05, 3.63) is 23.2 Å². The molecule has 9 heteroatoms. The van der Waals surface area contributed by atoms with E-state index < -0.39 is 10.0 Å². The second-order valence-electron chi connectivity index (χ2n) is 4.13. The fourth-order valence-corrected chi connectivity index (χ4v) is 3.77. The number of hydrogen-bond acceptors (Lipinski definition) is 7. The average Bonchev–Trinajstić information content (AvgIpc) is 2.83. The van der Waals surface area contributed by atoms with Crippen LogP contribution in [0.1, 0.15) is 4.88 Å². The Labute approximate surface area is 126 Å². The second-order valence-corrected chi connectivity index (χ2v) is 7.01. The molecule has 2 rings (SSSR count). The van der Waals surface area contributed by atoms with Crippen LogP contribution in [0, 0.1) is 6.92 Å². The van der Waals surface area contributed by atoms with E-state index in [4.69, 9.17) is 15.2 Å². The number of nitrogens with one attached hydrogen (secondary N) is 1. The first-order valence-corrected chi connectivity index (χ1v) is 8.14. The molecule has 0 amide bonds. The monoisotopic (exact) mass is 329 g/mol. The van der Waals surface area contributed by atoms with Gasteiger partial charge in [0.15, 0.2) is 5.13 Å². The van der Waals surface area contributed by atoms with Gasteiger partial charge in [-0.3, -0.25) is 4.72 Å². The summed E-state index contributed by atoms with van der Waals surface area (Å²) in [4.78, 5) is 4.79. The molecule has 0 saturated heterocycles. The van der Waals surface area contributed by atoms with Gasteiger partial charge in [0.25, 0.3) is 10.0 Å². The minimum Gasteiger partial charge on any atom is -0.495 e. The summed E-state index contributed by atoms with van der Waals surface area (Å²) in [7, 11) is -1.04. The van der Waals surface area contributed by atoms with Crippen molar-refractivity contribution in [3.8, 4) is 11.5 Å². The molecule has 1 aromatic carbocycles. The second kappa shape index (κ2) is 5.78. The topological polar surface area (TPSA) is 104 Å². The van der Waals surface area contributed by atoms with Crippen molar-refractivity contribution in [2.45, 2.75) is 11.8 Å². The summed E-state index contributed by atoms with van der Waals surface area (Å²) in [5.74, 6) is 0.484. The van der Waals surface area contributed by atoms with Crippen LogP contribution in [0.3, 0.4) is 0 Å². The molecule has 0 aliphatic rings. The van der Waals surface area contributed by atoms with Gasteiger partial charge in [-0.2, -0.15) is 0 Å². The first-order chi connectivity index (χ1) is 9.87. The van der Waals surface area contributed by atoms with Crippen molar-refractivity contribution in [2.75, 3.05) is 24.7 Å². The molecular weight excluding hydrogens is 314 g/mol. The molecule has 1 heterocycles. The Bertz CT molecular complexity index is 756. The first-order valence-electron chi connectivity index (χ1n) is 5.84. The highest BCUT2D eigenvalue weighted by atomic mass is 32.2. The van der Waals surface area contributed by atoms with Gasteiger partial charge in [-0.25, -0.2) is 13.4 Å². The standard InChI is InChI=1S/C12H15N3O4S2/c1-7-6-14-12(20-7)15-21(16,17)11-4-8(13)9(18-2)5-10(11)19-3/h4-6H,13H2,1-3H3,(H,14,15). The van der Waals surface area contributed by atoms with Crippen LogP contribution in [0.2, 0.25) is 0 Å². The molecule has 0 fully saturated rings. The zero-order valence-corrected chi connectivity index (χ0v) is 13.3. The molecule has 2 aromatic rings. The molecule has 114 valence electrons. The van der Waals surface area contributed by atoms with Gasteiger partial charge in [0.1, 0.15) is 16.4 Å². The number of hydrogen-bond donors (Lipinski definition) is 2. The number of benzene rings is 1. The number of nitrogens with two attached hydrogens (primary N) is 1. The third kappa shape index (κ3) is 3.19. The molecule has 0 spiro atoms. The van der Waals surface area contributed by atoms with Crippen molar-refractivity contribution in [3.63, 3.8) is 0 Å². The number of anilines is 2. The number of nitrogens with zero attached hydrogens (tertiary/aromatic N) is 1. The number of aromatic nitrogens is 1. The molecule has 7 nitrogen and oxygen atoms in total. The SMILES string of the molecule is COc1cc(OC)c(S(=O)(=O)Nc2ncc(C)s2)cc1N. The van der Waals surface area contributed by atoms with E-state index in [-0.39, 0.29) is 21.5 Å². The highest BCUT2D eigenvalue weighted by Gasteiger charge is 2.23. The van der Waals surface area contributed by atoms with Crippen LogP contribution < -0.4 is 19.9 Å². The van der Waals surface area contributed by atoms with Gasteiger partial charge >= 0.3 is 0 Å². The number of methoxy groups -OCH3 is 2. The zero-order valence-electron chi connectivity index (χ0n) is 11.7. The predicted octanol–water partition coefficient (Wildman–Crippen LogP) is 1.85. The molecule has 0 unspecified atom stereocenters. The number of aryl methyl sites for hydroxylation is 1. The van der Waals surface area contributed by atoms with E-state index in [2.05, 4.69) is 9.71 Å². The van der Waals surface area contributed by atoms with Gasteiger partial charge in [0.2, 0.25) is 0 Å². The normalized spacial score (nSPS) is 11.2. The molecule has 0 atom stereocenters. The minimum atomic E-state index is -3.85. The molecule has 0 aliphatic heterocycles. The van der Waals surface area contributed by atoms with E-state index in [1.165, 1.54) is 37.7 Å². The Morgan fingerprint density at radius 2 is 1.90 bits per heavy atom. The Morgan fingerprint density at radius 1 is 1.24 bits per heavy atom. The summed E-state index contributed by atoms with van der Waals surface area (Å²) >= 11 is 1.24. The average molecular weight is 329 g/mol. The number of nitrogen functional groups attached to an aromatic ring is 1. The van der Waals surface area contributed by atoms with Crippen LogP contribution >= 0.6 is 11.3 Å². The molecule has 0 bridgehead atoms. The molecule has 3 N–H and O–H groups in total. The van der Waals surface area contributed by atoms with Gasteiger partial charge in [-0.05, 0) is 13.0 Å². The van der Waals surface area contributed by atoms with Crippen LogP contribution in [-0.2, 0) is 10.0 Å². The molecule has 0 aliphatic carbocycles. The third-order valence-electron chi connectivity index (χ3n) is 2.65. The number of sulfonamides is 1. The summed E-state index contributed by atoms with van der Waals surface area (Å²) in [5.41, 5.74) is 5.97. The minimum absolute atomic E-state index is 0.0730. The van der Waals surface area contributed by atoms with Crippen LogP contribution in [0.5, 0.6) is 11.5 Å². The lowest BCUT2D eigenvalue weighted by atomic mass is 10.3. The van der Waals surface area contributed by atoms with Gasteiger partial charge in [0, 0.05) is 17.1 Å². The Morgan fingerprint density at radius 3 is 2.43 bits per heavy atom. The number of rotatable bonds is 5. The largest absolute Gasteiger partial charge is 0.495 e. The van der Waals surface area contributed by atoms with Crippen molar-refractivity contribution in [2.24, 2.45) is 0 Å². The molecule has 0 radical (unpaired) electrons. The van der Waals surface area contributed by atoms with Crippen molar-refractivity contribution in [1.29, 1.82) is 0 Å². The van der Waals surface area contributed by atoms with Gasteiger partial charge in [-0.15, -0.1) is 11.3 Å². The van der Waals surface area contributed by atoms with E-state index in [0.717, 1.165) is 4.88 Å². The first kappa shape index (κ1) is 15.4. The maximum atomic E-state index is 12.4. The third-order valence-corrected chi connectivity index (χ3v) is 4.97. The predicted molar refractivity (Wildman–Crippen MR) is 81.6 cm³/mol. The van der Waals surface area contributed by atoms with Crippen LogP contribution in [0.25, 0.3) is 0 Å². The molecule has 0 saturated carbocycles. The lowest BCUT2D eigenvalue weighted by molar-refractivity contribution is 0.387. The van der Waals surface area contributed by atoms with E-state index in [9.17, 15) is 8.42 Å². The van der Waals surface area contributed by atoms with E-state index >= 15 is 0 Å². The molecule has 21 heavy (non-hydrogen) atoms. The summed E-state index contributed by atoms with van der Waals surface area (Å²) < 4.78 is 37.4. The van der Waals surface area contributed by atoms with E-state index in [1.54, 1.807) is 6.20 Å². The van der Waals surface area contributed by atoms with Crippen molar-refractivity contribution < 1.29 is 17.9 Å². The Hall–Kier alpha value is -2.00.